The monoisotopic (exact) mass is 215 g/mol. The van der Waals surface area contributed by atoms with Crippen LogP contribution in [0, 0.1) is 0 Å². The minimum atomic E-state index is -0.896. The molecule has 0 aromatic carbocycles. The number of amides is 1. The Balaban J connectivity index is 2.31. The summed E-state index contributed by atoms with van der Waals surface area (Å²) in [7, 11) is 0. The van der Waals surface area contributed by atoms with Crippen LogP contribution < -0.4 is 11.5 Å². The van der Waals surface area contributed by atoms with E-state index in [-0.39, 0.29) is 0 Å². The average molecular weight is 215 g/mol. The van der Waals surface area contributed by atoms with Crippen molar-refractivity contribution in [1.82, 2.24) is 4.90 Å². The first kappa shape index (κ1) is 12.4. The number of carbonyl (C=O) groups is 1. The zero-order chi connectivity index (χ0) is 11.3. The maximum atomic E-state index is 11.0. The van der Waals surface area contributed by atoms with Crippen molar-refractivity contribution >= 4 is 5.91 Å². The molecular weight excluding hydrogens is 194 g/mol. The van der Waals surface area contributed by atoms with Crippen molar-refractivity contribution in [1.29, 1.82) is 0 Å². The molecule has 1 heterocycles. The highest BCUT2D eigenvalue weighted by Gasteiger charge is 2.26. The van der Waals surface area contributed by atoms with Crippen molar-refractivity contribution in [2.24, 2.45) is 11.5 Å². The van der Waals surface area contributed by atoms with Gasteiger partial charge in [-0.05, 0) is 19.8 Å². The summed E-state index contributed by atoms with van der Waals surface area (Å²) in [5, 5.41) is 0. The molecule has 1 unspecified atom stereocenters. The van der Waals surface area contributed by atoms with Crippen molar-refractivity contribution in [2.45, 2.75) is 25.3 Å². The molecule has 1 aliphatic rings. The van der Waals surface area contributed by atoms with E-state index < -0.39 is 11.4 Å². The van der Waals surface area contributed by atoms with Gasteiger partial charge in [-0.3, -0.25) is 4.79 Å². The van der Waals surface area contributed by atoms with Crippen LogP contribution in [-0.4, -0.2) is 49.2 Å². The molecule has 0 aliphatic carbocycles. The molecule has 1 fully saturated rings. The Morgan fingerprint density at radius 3 is 2.87 bits per heavy atom. The van der Waals surface area contributed by atoms with Crippen LogP contribution in [0.2, 0.25) is 0 Å². The highest BCUT2D eigenvalue weighted by molar-refractivity contribution is 5.83. The first-order valence-electron chi connectivity index (χ1n) is 5.41. The third-order valence-corrected chi connectivity index (χ3v) is 2.83. The molecule has 1 aliphatic heterocycles. The lowest BCUT2D eigenvalue weighted by atomic mass is 9.98. The number of ether oxygens (including phenoxy) is 1. The first-order valence-corrected chi connectivity index (χ1v) is 5.41. The highest BCUT2D eigenvalue weighted by atomic mass is 16.5. The van der Waals surface area contributed by atoms with Crippen molar-refractivity contribution in [3.63, 3.8) is 0 Å². The normalized spacial score (nSPS) is 23.1. The lowest BCUT2D eigenvalue weighted by Gasteiger charge is -2.25. The summed E-state index contributed by atoms with van der Waals surface area (Å²) in [5.41, 5.74) is 10.1. The molecule has 0 aromatic heterocycles. The van der Waals surface area contributed by atoms with Crippen LogP contribution in [-0.2, 0) is 9.53 Å². The van der Waals surface area contributed by atoms with Gasteiger partial charge >= 0.3 is 0 Å². The lowest BCUT2D eigenvalue weighted by molar-refractivity contribution is -0.122. The minimum absolute atomic E-state index is 0.437. The fraction of sp³-hybridized carbons (Fsp3) is 0.900. The van der Waals surface area contributed by atoms with Gasteiger partial charge in [-0.2, -0.15) is 0 Å². The van der Waals surface area contributed by atoms with Gasteiger partial charge in [-0.1, -0.05) is 0 Å². The van der Waals surface area contributed by atoms with E-state index in [9.17, 15) is 4.79 Å². The van der Waals surface area contributed by atoms with Crippen molar-refractivity contribution in [2.75, 3.05) is 32.8 Å². The van der Waals surface area contributed by atoms with E-state index in [0.29, 0.717) is 6.42 Å². The maximum absolute atomic E-state index is 11.0. The van der Waals surface area contributed by atoms with E-state index in [1.165, 1.54) is 0 Å². The molecule has 0 spiro atoms. The van der Waals surface area contributed by atoms with Gasteiger partial charge in [0.15, 0.2) is 0 Å². The number of carbonyl (C=O) groups excluding carboxylic acids is 1. The highest BCUT2D eigenvalue weighted by Crippen LogP contribution is 2.08. The molecule has 0 bridgehead atoms. The fourth-order valence-corrected chi connectivity index (χ4v) is 1.53. The van der Waals surface area contributed by atoms with Gasteiger partial charge < -0.3 is 21.1 Å². The first-order chi connectivity index (χ1) is 7.02. The third-order valence-electron chi connectivity index (χ3n) is 2.83. The van der Waals surface area contributed by atoms with Gasteiger partial charge in [0.05, 0.1) is 12.1 Å². The van der Waals surface area contributed by atoms with Crippen LogP contribution in [0.3, 0.4) is 0 Å². The molecule has 1 atom stereocenters. The number of primary amides is 1. The molecule has 0 saturated carbocycles. The molecular formula is C10H21N3O2. The molecule has 15 heavy (non-hydrogen) atoms. The number of rotatable bonds is 4. The molecule has 1 rings (SSSR count). The Morgan fingerprint density at radius 2 is 2.20 bits per heavy atom. The van der Waals surface area contributed by atoms with E-state index in [2.05, 4.69) is 4.90 Å². The Bertz CT molecular complexity index is 211. The molecule has 5 heteroatoms. The molecule has 0 radical (unpaired) electrons. The molecule has 4 N–H and O–H groups in total. The fourth-order valence-electron chi connectivity index (χ4n) is 1.53. The topological polar surface area (TPSA) is 81.6 Å². The molecule has 0 aromatic rings. The second-order valence-electron chi connectivity index (χ2n) is 4.34. The summed E-state index contributed by atoms with van der Waals surface area (Å²) in [4.78, 5) is 13.3. The van der Waals surface area contributed by atoms with E-state index in [1.54, 1.807) is 6.92 Å². The van der Waals surface area contributed by atoms with Gasteiger partial charge in [0.2, 0.25) is 5.91 Å². The SMILES string of the molecule is CC(N)(CCN1CCCOCC1)C(N)=O. The third kappa shape index (κ3) is 4.15. The lowest BCUT2D eigenvalue weighted by Crippen LogP contribution is -2.51. The summed E-state index contributed by atoms with van der Waals surface area (Å²) < 4.78 is 5.34. The van der Waals surface area contributed by atoms with Crippen LogP contribution in [0.4, 0.5) is 0 Å². The Labute approximate surface area is 90.7 Å². The summed E-state index contributed by atoms with van der Waals surface area (Å²) in [6, 6.07) is 0. The summed E-state index contributed by atoms with van der Waals surface area (Å²) in [6.45, 7) is 6.00. The van der Waals surface area contributed by atoms with Gasteiger partial charge in [0, 0.05) is 26.2 Å². The Hall–Kier alpha value is -0.650. The van der Waals surface area contributed by atoms with E-state index in [1.807, 2.05) is 0 Å². The minimum Gasteiger partial charge on any atom is -0.380 e. The zero-order valence-electron chi connectivity index (χ0n) is 9.37. The van der Waals surface area contributed by atoms with Crippen LogP contribution in [0.5, 0.6) is 0 Å². The largest absolute Gasteiger partial charge is 0.380 e. The van der Waals surface area contributed by atoms with E-state index in [0.717, 1.165) is 39.3 Å². The van der Waals surface area contributed by atoms with E-state index >= 15 is 0 Å². The standard InChI is InChI=1S/C10H21N3O2/c1-10(12,9(11)14)3-5-13-4-2-7-15-8-6-13/h2-8,12H2,1H3,(H2,11,14). The predicted molar refractivity (Wildman–Crippen MR) is 58.3 cm³/mol. The van der Waals surface area contributed by atoms with Crippen molar-refractivity contribution < 1.29 is 9.53 Å². The number of nitrogens with two attached hydrogens (primary N) is 2. The van der Waals surface area contributed by atoms with Crippen LogP contribution in [0.25, 0.3) is 0 Å². The number of hydrogen-bond acceptors (Lipinski definition) is 4. The molecule has 5 nitrogen and oxygen atoms in total. The van der Waals surface area contributed by atoms with Crippen LogP contribution >= 0.6 is 0 Å². The van der Waals surface area contributed by atoms with Gasteiger partial charge in [0.25, 0.3) is 0 Å². The zero-order valence-corrected chi connectivity index (χ0v) is 9.37. The Kier molecular flexibility index (Phi) is 4.50. The number of nitrogens with zero attached hydrogens (tertiary/aromatic N) is 1. The van der Waals surface area contributed by atoms with Gasteiger partial charge in [0.1, 0.15) is 0 Å². The quantitative estimate of drug-likeness (QED) is 0.650. The van der Waals surface area contributed by atoms with Gasteiger partial charge in [-0.25, -0.2) is 0 Å². The van der Waals surface area contributed by atoms with Crippen LogP contribution in [0.1, 0.15) is 19.8 Å². The van der Waals surface area contributed by atoms with E-state index in [4.69, 9.17) is 16.2 Å². The van der Waals surface area contributed by atoms with Crippen molar-refractivity contribution in [3.8, 4) is 0 Å². The predicted octanol–water partition coefficient (Wildman–Crippen LogP) is -0.698. The average Bonchev–Trinajstić information content (AvgIpc) is 2.42. The van der Waals surface area contributed by atoms with Crippen LogP contribution in [0.15, 0.2) is 0 Å². The maximum Gasteiger partial charge on any atom is 0.237 e. The summed E-state index contributed by atoms with van der Waals surface area (Å²) >= 11 is 0. The van der Waals surface area contributed by atoms with Gasteiger partial charge in [-0.15, -0.1) is 0 Å². The second kappa shape index (κ2) is 5.44. The second-order valence-corrected chi connectivity index (χ2v) is 4.34. The summed E-state index contributed by atoms with van der Waals surface area (Å²) in [6.07, 6.45) is 1.64. The molecule has 1 saturated heterocycles. The Morgan fingerprint density at radius 1 is 1.47 bits per heavy atom. The molecule has 88 valence electrons. The van der Waals surface area contributed by atoms with Crippen molar-refractivity contribution in [3.05, 3.63) is 0 Å². The smallest absolute Gasteiger partial charge is 0.237 e. The summed E-state index contributed by atoms with van der Waals surface area (Å²) in [5.74, 6) is -0.437. The molecule has 1 amide bonds. The number of hydrogen-bond donors (Lipinski definition) is 2.